The van der Waals surface area contributed by atoms with Crippen molar-refractivity contribution in [1.82, 2.24) is 10.2 Å². The third-order valence-corrected chi connectivity index (χ3v) is 3.31. The minimum Gasteiger partial charge on any atom is -0.484 e. The topological polar surface area (TPSA) is 78.9 Å². The Morgan fingerprint density at radius 3 is 2.64 bits per heavy atom. The first-order valence-electron chi connectivity index (χ1n) is 7.58. The first-order valence-corrected chi connectivity index (χ1v) is 7.58. The van der Waals surface area contributed by atoms with Crippen LogP contribution in [0.2, 0.25) is 0 Å². The van der Waals surface area contributed by atoms with Crippen LogP contribution in [0.5, 0.6) is 5.75 Å². The maximum absolute atomic E-state index is 12.1. The molecule has 0 heterocycles. The van der Waals surface area contributed by atoms with Crippen molar-refractivity contribution in [2.45, 2.75) is 19.5 Å². The number of carbonyl (C=O) groups excluding carboxylic acids is 1. The van der Waals surface area contributed by atoms with Crippen LogP contribution in [0, 0.1) is 5.92 Å². The van der Waals surface area contributed by atoms with Crippen molar-refractivity contribution >= 4 is 12.0 Å². The summed E-state index contributed by atoms with van der Waals surface area (Å²) >= 11 is 0. The molecule has 140 valence electrons. The van der Waals surface area contributed by atoms with Crippen LogP contribution in [0.3, 0.4) is 0 Å². The number of alkyl halides is 3. The van der Waals surface area contributed by atoms with Gasteiger partial charge in [0.15, 0.2) is 6.61 Å². The first-order chi connectivity index (χ1) is 11.6. The van der Waals surface area contributed by atoms with Gasteiger partial charge in [-0.05, 0) is 24.1 Å². The van der Waals surface area contributed by atoms with Crippen molar-refractivity contribution in [3.05, 3.63) is 29.8 Å². The molecule has 0 aliphatic rings. The Morgan fingerprint density at radius 1 is 1.36 bits per heavy atom. The quantitative estimate of drug-likeness (QED) is 0.745. The summed E-state index contributed by atoms with van der Waals surface area (Å²) in [6.07, 6.45) is -4.00. The van der Waals surface area contributed by atoms with Crippen molar-refractivity contribution in [2.75, 3.05) is 26.7 Å². The van der Waals surface area contributed by atoms with E-state index < -0.39 is 30.7 Å². The van der Waals surface area contributed by atoms with Crippen LogP contribution in [0.15, 0.2) is 24.3 Å². The number of nitrogens with zero attached hydrogens (tertiary/aromatic N) is 1. The molecule has 1 unspecified atom stereocenters. The molecule has 0 aliphatic heterocycles. The Balaban J connectivity index is 2.43. The summed E-state index contributed by atoms with van der Waals surface area (Å²) in [4.78, 5) is 23.9. The SMILES string of the molecule is CC(CN(C)C(=O)NCCc1cccc(OCC(F)(F)F)c1)C(=O)O. The van der Waals surface area contributed by atoms with Gasteiger partial charge in [0, 0.05) is 20.1 Å². The average molecular weight is 362 g/mol. The maximum Gasteiger partial charge on any atom is 0.422 e. The lowest BCUT2D eigenvalue weighted by Crippen LogP contribution is -2.41. The minimum atomic E-state index is -4.40. The molecular weight excluding hydrogens is 341 g/mol. The molecular formula is C16H21F3N2O4. The summed E-state index contributed by atoms with van der Waals surface area (Å²) in [5.74, 6) is -1.57. The van der Waals surface area contributed by atoms with Crippen LogP contribution in [0.25, 0.3) is 0 Å². The fourth-order valence-corrected chi connectivity index (χ4v) is 1.98. The summed E-state index contributed by atoms with van der Waals surface area (Å²) in [5, 5.41) is 11.4. The van der Waals surface area contributed by atoms with E-state index in [1.165, 1.54) is 31.0 Å². The van der Waals surface area contributed by atoms with Gasteiger partial charge in [-0.25, -0.2) is 4.79 Å². The van der Waals surface area contributed by atoms with Gasteiger partial charge in [-0.15, -0.1) is 0 Å². The average Bonchev–Trinajstić information content (AvgIpc) is 2.52. The number of hydrogen-bond donors (Lipinski definition) is 2. The third kappa shape index (κ3) is 8.27. The highest BCUT2D eigenvalue weighted by Gasteiger charge is 2.28. The lowest BCUT2D eigenvalue weighted by atomic mass is 10.1. The van der Waals surface area contributed by atoms with E-state index in [2.05, 4.69) is 10.1 Å². The molecule has 0 saturated heterocycles. The predicted molar refractivity (Wildman–Crippen MR) is 84.5 cm³/mol. The van der Waals surface area contributed by atoms with Crippen LogP contribution in [0.1, 0.15) is 12.5 Å². The van der Waals surface area contributed by atoms with Gasteiger partial charge in [0.1, 0.15) is 5.75 Å². The van der Waals surface area contributed by atoms with Crippen LogP contribution in [0.4, 0.5) is 18.0 Å². The van der Waals surface area contributed by atoms with Gasteiger partial charge in [-0.1, -0.05) is 19.1 Å². The van der Waals surface area contributed by atoms with E-state index in [9.17, 15) is 22.8 Å². The zero-order valence-electron chi connectivity index (χ0n) is 14.0. The number of hydrogen-bond acceptors (Lipinski definition) is 3. The summed E-state index contributed by atoms with van der Waals surface area (Å²) < 4.78 is 41.1. The first kappa shape index (κ1) is 20.6. The normalized spacial score (nSPS) is 12.4. The lowest BCUT2D eigenvalue weighted by Gasteiger charge is -2.20. The molecule has 0 bridgehead atoms. The largest absolute Gasteiger partial charge is 0.484 e. The third-order valence-electron chi connectivity index (χ3n) is 3.31. The van der Waals surface area contributed by atoms with Crippen molar-refractivity contribution in [1.29, 1.82) is 0 Å². The van der Waals surface area contributed by atoms with Gasteiger partial charge in [-0.2, -0.15) is 13.2 Å². The highest BCUT2D eigenvalue weighted by Crippen LogP contribution is 2.19. The van der Waals surface area contributed by atoms with Crippen molar-refractivity contribution in [2.24, 2.45) is 5.92 Å². The van der Waals surface area contributed by atoms with Gasteiger partial charge in [0.2, 0.25) is 0 Å². The number of aliphatic carboxylic acids is 1. The van der Waals surface area contributed by atoms with E-state index in [4.69, 9.17) is 5.11 Å². The lowest BCUT2D eigenvalue weighted by molar-refractivity contribution is -0.153. The zero-order chi connectivity index (χ0) is 19.0. The maximum atomic E-state index is 12.1. The Bertz CT molecular complexity index is 593. The van der Waals surface area contributed by atoms with E-state index in [-0.39, 0.29) is 18.8 Å². The molecule has 0 saturated carbocycles. The summed E-state index contributed by atoms with van der Waals surface area (Å²) in [7, 11) is 1.49. The highest BCUT2D eigenvalue weighted by atomic mass is 19.4. The fraction of sp³-hybridized carbons (Fsp3) is 0.500. The molecule has 9 heteroatoms. The Kier molecular flexibility index (Phi) is 7.53. The van der Waals surface area contributed by atoms with Gasteiger partial charge in [0.05, 0.1) is 5.92 Å². The van der Waals surface area contributed by atoms with E-state index in [0.29, 0.717) is 12.0 Å². The van der Waals surface area contributed by atoms with E-state index >= 15 is 0 Å². The van der Waals surface area contributed by atoms with Crippen molar-refractivity contribution in [3.63, 3.8) is 0 Å². The smallest absolute Gasteiger partial charge is 0.422 e. The zero-order valence-corrected chi connectivity index (χ0v) is 14.0. The Morgan fingerprint density at radius 2 is 2.04 bits per heavy atom. The molecule has 0 fully saturated rings. The molecule has 1 rings (SSSR count). The Labute approximate surface area is 143 Å². The number of rotatable bonds is 8. The number of carboxylic acid groups (broad SMARTS) is 1. The molecule has 6 nitrogen and oxygen atoms in total. The molecule has 25 heavy (non-hydrogen) atoms. The molecule has 2 amide bonds. The minimum absolute atomic E-state index is 0.0714. The van der Waals surface area contributed by atoms with Gasteiger partial charge in [-0.3, -0.25) is 4.79 Å². The van der Waals surface area contributed by atoms with E-state index in [0.717, 1.165) is 0 Å². The number of ether oxygens (including phenoxy) is 1. The van der Waals surface area contributed by atoms with Crippen molar-refractivity contribution < 1.29 is 32.6 Å². The number of carbonyl (C=O) groups is 2. The number of amides is 2. The number of nitrogens with one attached hydrogen (secondary N) is 1. The van der Waals surface area contributed by atoms with Gasteiger partial charge < -0.3 is 20.1 Å². The molecule has 1 aromatic rings. The van der Waals surface area contributed by atoms with Crippen molar-refractivity contribution in [3.8, 4) is 5.75 Å². The number of carboxylic acids is 1. The van der Waals surface area contributed by atoms with Gasteiger partial charge in [0.25, 0.3) is 0 Å². The molecule has 0 aliphatic carbocycles. The number of urea groups is 1. The second kappa shape index (κ2) is 9.14. The molecule has 1 atom stereocenters. The summed E-state index contributed by atoms with van der Waals surface area (Å²) in [5.41, 5.74) is 0.710. The number of halogens is 3. The predicted octanol–water partition coefficient (Wildman–Crippen LogP) is 2.53. The summed E-state index contributed by atoms with van der Waals surface area (Å²) in [6.45, 7) is 0.466. The van der Waals surface area contributed by atoms with E-state index in [1.54, 1.807) is 12.1 Å². The second-order valence-corrected chi connectivity index (χ2v) is 5.65. The molecule has 0 radical (unpaired) electrons. The summed E-state index contributed by atoms with van der Waals surface area (Å²) in [6, 6.07) is 5.77. The van der Waals surface area contributed by atoms with Crippen LogP contribution < -0.4 is 10.1 Å². The molecule has 0 spiro atoms. The molecule has 2 N–H and O–H groups in total. The van der Waals surface area contributed by atoms with Gasteiger partial charge >= 0.3 is 18.2 Å². The standard InChI is InChI=1S/C16H21F3N2O4/c1-11(14(22)23)9-21(2)15(24)20-7-6-12-4-3-5-13(8-12)25-10-16(17,18)19/h3-5,8,11H,6-7,9-10H2,1-2H3,(H,20,24)(H,22,23). The Hall–Kier alpha value is -2.45. The van der Waals surface area contributed by atoms with Crippen LogP contribution in [-0.4, -0.2) is 54.9 Å². The fourth-order valence-electron chi connectivity index (χ4n) is 1.98. The molecule has 0 aromatic heterocycles. The second-order valence-electron chi connectivity index (χ2n) is 5.65. The highest BCUT2D eigenvalue weighted by molar-refractivity contribution is 5.75. The molecule has 1 aromatic carbocycles. The monoisotopic (exact) mass is 362 g/mol. The van der Waals surface area contributed by atoms with Crippen LogP contribution in [-0.2, 0) is 11.2 Å². The van der Waals surface area contributed by atoms with E-state index in [1.807, 2.05) is 0 Å². The number of benzene rings is 1. The van der Waals surface area contributed by atoms with Crippen LogP contribution >= 0.6 is 0 Å².